The second-order valence-electron chi connectivity index (χ2n) is 6.73. The molecule has 0 spiro atoms. The molecule has 0 unspecified atom stereocenters. The summed E-state index contributed by atoms with van der Waals surface area (Å²) in [6, 6.07) is 21.6. The van der Waals surface area contributed by atoms with Crippen LogP contribution in [0.4, 0.5) is 5.82 Å². The van der Waals surface area contributed by atoms with Crippen LogP contribution in [-0.2, 0) is 10.5 Å². The fourth-order valence-electron chi connectivity index (χ4n) is 3.09. The average Bonchev–Trinajstić information content (AvgIpc) is 2.75. The van der Waals surface area contributed by atoms with Gasteiger partial charge in [0, 0.05) is 11.3 Å². The van der Waals surface area contributed by atoms with Gasteiger partial charge in [-0.3, -0.25) is 0 Å². The number of nitriles is 2. The molecule has 1 saturated heterocycles. The van der Waals surface area contributed by atoms with Crippen molar-refractivity contribution in [1.82, 2.24) is 4.98 Å². The Balaban J connectivity index is 1.69. The number of nitrogens with two attached hydrogens (primary N) is 1. The van der Waals surface area contributed by atoms with E-state index in [0.29, 0.717) is 40.9 Å². The first-order valence-electron chi connectivity index (χ1n) is 9.35. The van der Waals surface area contributed by atoms with Gasteiger partial charge in [0.1, 0.15) is 40.4 Å². The van der Waals surface area contributed by atoms with E-state index in [1.807, 2.05) is 54.6 Å². The SMILES string of the molecule is N#Cc1c(N)nc(SCc2ccccc2)c(C#N)c1-c1ccc(OC2COC2)cc1. The number of hydrogen-bond donors (Lipinski definition) is 1. The molecule has 0 amide bonds. The summed E-state index contributed by atoms with van der Waals surface area (Å²) < 4.78 is 10.9. The van der Waals surface area contributed by atoms with Gasteiger partial charge < -0.3 is 15.2 Å². The molecule has 30 heavy (non-hydrogen) atoms. The average molecular weight is 414 g/mol. The first-order chi connectivity index (χ1) is 14.7. The summed E-state index contributed by atoms with van der Waals surface area (Å²) >= 11 is 1.43. The lowest BCUT2D eigenvalue weighted by molar-refractivity contribution is -0.0796. The van der Waals surface area contributed by atoms with Gasteiger partial charge >= 0.3 is 0 Å². The number of aromatic nitrogens is 1. The van der Waals surface area contributed by atoms with Gasteiger partial charge in [0.15, 0.2) is 0 Å². The van der Waals surface area contributed by atoms with Gasteiger partial charge in [0.05, 0.1) is 18.8 Å². The third kappa shape index (κ3) is 4.08. The van der Waals surface area contributed by atoms with E-state index < -0.39 is 0 Å². The standard InChI is InChI=1S/C23H18N4O2S/c24-10-19-21(16-6-8-17(9-7-16)29-18-12-28-13-18)20(11-25)23(27-22(19)26)30-14-15-4-2-1-3-5-15/h1-9,18H,12-14H2,(H2,26,27). The highest BCUT2D eigenvalue weighted by Gasteiger charge is 2.22. The minimum atomic E-state index is 0.0674. The van der Waals surface area contributed by atoms with E-state index in [1.165, 1.54) is 11.8 Å². The Labute approximate surface area is 178 Å². The molecule has 2 aromatic carbocycles. The topological polar surface area (TPSA) is 105 Å². The number of rotatable bonds is 6. The maximum atomic E-state index is 9.89. The van der Waals surface area contributed by atoms with Gasteiger partial charge in [-0.2, -0.15) is 10.5 Å². The molecule has 0 bridgehead atoms. The van der Waals surface area contributed by atoms with E-state index in [9.17, 15) is 10.5 Å². The number of benzene rings is 2. The molecule has 1 fully saturated rings. The third-order valence-corrected chi connectivity index (χ3v) is 5.73. The smallest absolute Gasteiger partial charge is 0.145 e. The Morgan fingerprint density at radius 1 is 1.03 bits per heavy atom. The van der Waals surface area contributed by atoms with E-state index >= 15 is 0 Å². The molecule has 0 saturated carbocycles. The fraction of sp³-hybridized carbons (Fsp3) is 0.174. The van der Waals surface area contributed by atoms with Crippen molar-refractivity contribution in [3.8, 4) is 29.0 Å². The van der Waals surface area contributed by atoms with Crippen LogP contribution in [0.5, 0.6) is 5.75 Å². The number of ether oxygens (including phenoxy) is 2. The highest BCUT2D eigenvalue weighted by molar-refractivity contribution is 7.98. The Bertz CT molecular complexity index is 1130. The highest BCUT2D eigenvalue weighted by Crippen LogP contribution is 2.37. The number of nitrogen functional groups attached to an aromatic ring is 1. The van der Waals surface area contributed by atoms with Crippen LogP contribution in [0.15, 0.2) is 59.6 Å². The van der Waals surface area contributed by atoms with Crippen molar-refractivity contribution in [2.24, 2.45) is 0 Å². The van der Waals surface area contributed by atoms with Gasteiger partial charge in [0.25, 0.3) is 0 Å². The highest BCUT2D eigenvalue weighted by atomic mass is 32.2. The maximum absolute atomic E-state index is 9.89. The zero-order valence-corrected chi connectivity index (χ0v) is 16.9. The molecule has 4 rings (SSSR count). The normalized spacial score (nSPS) is 13.1. The molecule has 6 nitrogen and oxygen atoms in total. The predicted molar refractivity (Wildman–Crippen MR) is 115 cm³/mol. The number of pyridine rings is 1. The van der Waals surface area contributed by atoms with Crippen molar-refractivity contribution in [2.75, 3.05) is 18.9 Å². The van der Waals surface area contributed by atoms with Gasteiger partial charge in [0.2, 0.25) is 0 Å². The van der Waals surface area contributed by atoms with Crippen LogP contribution in [-0.4, -0.2) is 24.3 Å². The van der Waals surface area contributed by atoms with Crippen molar-refractivity contribution in [1.29, 1.82) is 10.5 Å². The zero-order valence-electron chi connectivity index (χ0n) is 16.0. The second kappa shape index (κ2) is 8.87. The van der Waals surface area contributed by atoms with Crippen LogP contribution in [0.1, 0.15) is 16.7 Å². The quantitative estimate of drug-likeness (QED) is 0.604. The third-order valence-electron chi connectivity index (χ3n) is 4.69. The lowest BCUT2D eigenvalue weighted by atomic mass is 9.97. The molecule has 2 heterocycles. The second-order valence-corrected chi connectivity index (χ2v) is 7.69. The van der Waals surface area contributed by atoms with Gasteiger partial charge in [-0.25, -0.2) is 4.98 Å². The number of hydrogen-bond acceptors (Lipinski definition) is 7. The fourth-order valence-corrected chi connectivity index (χ4v) is 4.04. The minimum Gasteiger partial charge on any atom is -0.486 e. The Morgan fingerprint density at radius 2 is 1.73 bits per heavy atom. The molecule has 2 N–H and O–H groups in total. The van der Waals surface area contributed by atoms with Crippen molar-refractivity contribution < 1.29 is 9.47 Å². The van der Waals surface area contributed by atoms with Gasteiger partial charge in [-0.05, 0) is 23.3 Å². The summed E-state index contributed by atoms with van der Waals surface area (Å²) in [5.74, 6) is 1.47. The molecular formula is C23H18N4O2S. The lowest BCUT2D eigenvalue weighted by Crippen LogP contribution is -2.38. The molecule has 1 aliphatic rings. The Morgan fingerprint density at radius 3 is 2.33 bits per heavy atom. The first kappa shape index (κ1) is 19.8. The largest absolute Gasteiger partial charge is 0.486 e. The maximum Gasteiger partial charge on any atom is 0.145 e. The van der Waals surface area contributed by atoms with Crippen LogP contribution in [0.2, 0.25) is 0 Å². The number of nitrogens with zero attached hydrogens (tertiary/aromatic N) is 3. The molecule has 0 radical (unpaired) electrons. The van der Waals surface area contributed by atoms with E-state index in [0.717, 1.165) is 11.1 Å². The van der Waals surface area contributed by atoms with Crippen LogP contribution >= 0.6 is 11.8 Å². The lowest BCUT2D eigenvalue weighted by Gasteiger charge is -2.26. The van der Waals surface area contributed by atoms with Crippen LogP contribution < -0.4 is 10.5 Å². The van der Waals surface area contributed by atoms with E-state index in [4.69, 9.17) is 15.2 Å². The monoisotopic (exact) mass is 414 g/mol. The molecule has 3 aromatic rings. The van der Waals surface area contributed by atoms with Crippen molar-refractivity contribution in [2.45, 2.75) is 16.9 Å². The number of thioether (sulfide) groups is 1. The van der Waals surface area contributed by atoms with Crippen LogP contribution in [0.25, 0.3) is 11.1 Å². The minimum absolute atomic E-state index is 0.0674. The van der Waals surface area contributed by atoms with Gasteiger partial charge in [-0.1, -0.05) is 42.5 Å². The van der Waals surface area contributed by atoms with E-state index in [1.54, 1.807) is 0 Å². The predicted octanol–water partition coefficient (Wildman–Crippen LogP) is 4.14. The molecule has 1 aliphatic heterocycles. The van der Waals surface area contributed by atoms with Gasteiger partial charge in [-0.15, -0.1) is 11.8 Å². The molecule has 148 valence electrons. The van der Waals surface area contributed by atoms with Crippen molar-refractivity contribution >= 4 is 17.6 Å². The van der Waals surface area contributed by atoms with Crippen molar-refractivity contribution in [3.63, 3.8) is 0 Å². The summed E-state index contributed by atoms with van der Waals surface area (Å²) in [6.07, 6.45) is 0.0674. The van der Waals surface area contributed by atoms with E-state index in [2.05, 4.69) is 17.1 Å². The summed E-state index contributed by atoms with van der Waals surface area (Å²) in [6.45, 7) is 1.17. The molecule has 0 aliphatic carbocycles. The van der Waals surface area contributed by atoms with Crippen LogP contribution in [0.3, 0.4) is 0 Å². The van der Waals surface area contributed by atoms with E-state index in [-0.39, 0.29) is 17.5 Å². The van der Waals surface area contributed by atoms with Crippen LogP contribution in [0, 0.1) is 22.7 Å². The Hall–Kier alpha value is -3.52. The number of anilines is 1. The molecule has 7 heteroatoms. The molecule has 1 aromatic heterocycles. The summed E-state index contributed by atoms with van der Waals surface area (Å²) in [4.78, 5) is 4.35. The Kier molecular flexibility index (Phi) is 5.85. The van der Waals surface area contributed by atoms with Crippen molar-refractivity contribution in [3.05, 3.63) is 71.3 Å². The first-order valence-corrected chi connectivity index (χ1v) is 10.3. The summed E-state index contributed by atoms with van der Waals surface area (Å²) in [7, 11) is 0. The zero-order chi connectivity index (χ0) is 20.9. The molecular weight excluding hydrogens is 396 g/mol. The summed E-state index contributed by atoms with van der Waals surface area (Å²) in [5.41, 5.74) is 8.97. The summed E-state index contributed by atoms with van der Waals surface area (Å²) in [5, 5.41) is 20.1. The molecule has 0 atom stereocenters.